The van der Waals surface area contributed by atoms with Gasteiger partial charge in [-0.1, -0.05) is 11.6 Å². The Morgan fingerprint density at radius 1 is 1.67 bits per heavy atom. The predicted octanol–water partition coefficient (Wildman–Crippen LogP) is 0.732. The summed E-state index contributed by atoms with van der Waals surface area (Å²) in [6.07, 6.45) is 0. The number of carbonyl (C=O) groups is 1. The van der Waals surface area contributed by atoms with Crippen molar-refractivity contribution in [2.24, 2.45) is 5.73 Å². The molecule has 0 bridgehead atoms. The molecule has 4 nitrogen and oxygen atoms in total. The minimum absolute atomic E-state index is 0.0536. The minimum Gasteiger partial charge on any atom is -0.364 e. The highest BCUT2D eigenvalue weighted by Crippen LogP contribution is 2.12. The van der Waals surface area contributed by atoms with Crippen LogP contribution in [0.4, 0.5) is 0 Å². The summed E-state index contributed by atoms with van der Waals surface area (Å²) >= 11 is 7.43. The molecule has 0 atom stereocenters. The molecule has 1 heterocycles. The van der Waals surface area contributed by atoms with Crippen molar-refractivity contribution < 1.29 is 4.79 Å². The number of amides is 1. The van der Waals surface area contributed by atoms with Crippen molar-refractivity contribution in [3.63, 3.8) is 0 Å². The van der Waals surface area contributed by atoms with Crippen LogP contribution in [0.1, 0.15) is 10.5 Å². The average Bonchev–Trinajstić information content (AvgIpc) is 1.96. The molecule has 0 radical (unpaired) electrons. The van der Waals surface area contributed by atoms with Gasteiger partial charge in [-0.05, 0) is 28.7 Å². The van der Waals surface area contributed by atoms with Crippen molar-refractivity contribution in [1.82, 2.24) is 4.98 Å². The Morgan fingerprint density at radius 3 is 2.75 bits per heavy atom. The van der Waals surface area contributed by atoms with Gasteiger partial charge in [0.05, 0.1) is 8.59 Å². The van der Waals surface area contributed by atoms with E-state index in [0.29, 0.717) is 3.57 Å². The van der Waals surface area contributed by atoms with Gasteiger partial charge in [0.15, 0.2) is 0 Å². The number of aromatic amines is 1. The Bertz CT molecular complexity index is 388. The fourth-order valence-electron chi connectivity index (χ4n) is 0.661. The summed E-state index contributed by atoms with van der Waals surface area (Å²) in [4.78, 5) is 23.9. The Morgan fingerprint density at radius 2 is 2.25 bits per heavy atom. The van der Waals surface area contributed by atoms with Gasteiger partial charge in [-0.15, -0.1) is 0 Å². The molecule has 1 rings (SSSR count). The molecule has 0 aromatic carbocycles. The quantitative estimate of drug-likeness (QED) is 0.750. The predicted molar refractivity (Wildman–Crippen MR) is 53.3 cm³/mol. The summed E-state index contributed by atoms with van der Waals surface area (Å²) < 4.78 is 0.419. The van der Waals surface area contributed by atoms with Gasteiger partial charge in [0.25, 0.3) is 11.5 Å². The number of hydrogen-bond acceptors (Lipinski definition) is 2. The van der Waals surface area contributed by atoms with Crippen molar-refractivity contribution in [2.45, 2.75) is 0 Å². The first kappa shape index (κ1) is 9.53. The van der Waals surface area contributed by atoms with E-state index in [9.17, 15) is 9.59 Å². The smallest absolute Gasteiger partial charge is 0.266 e. The molecule has 1 amide bonds. The topological polar surface area (TPSA) is 76.0 Å². The fourth-order valence-corrected chi connectivity index (χ4v) is 1.54. The maximum atomic E-state index is 11.0. The maximum Gasteiger partial charge on any atom is 0.266 e. The van der Waals surface area contributed by atoms with E-state index in [1.807, 2.05) is 22.6 Å². The Balaban J connectivity index is 3.43. The molecule has 1 aromatic rings. The van der Waals surface area contributed by atoms with Crippen LogP contribution in [0.2, 0.25) is 5.02 Å². The molecule has 1 aromatic heterocycles. The molecule has 3 N–H and O–H groups in total. The fraction of sp³-hybridized carbons (Fsp3) is 0. The number of carbonyl (C=O) groups excluding carboxylic acids is 1. The van der Waals surface area contributed by atoms with Gasteiger partial charge in [0.2, 0.25) is 0 Å². The van der Waals surface area contributed by atoms with Crippen molar-refractivity contribution in [1.29, 1.82) is 0 Å². The average molecular weight is 298 g/mol. The van der Waals surface area contributed by atoms with Crippen LogP contribution in [0.3, 0.4) is 0 Å². The molecule has 0 fully saturated rings. The SMILES string of the molecule is NC(=O)c1[nH]c(=O)c(I)cc1Cl. The standard InChI is InChI=1S/C6H4ClIN2O2/c7-2-1-3(8)6(12)10-4(2)5(9)11/h1H,(H2,9,11)(H,10,12). The van der Waals surface area contributed by atoms with E-state index in [0.717, 1.165) is 0 Å². The Labute approximate surface area is 86.2 Å². The third-order valence-electron chi connectivity index (χ3n) is 1.19. The summed E-state index contributed by atoms with van der Waals surface area (Å²) in [5.41, 5.74) is 4.52. The largest absolute Gasteiger partial charge is 0.364 e. The second-order valence-corrected chi connectivity index (χ2v) is 3.60. The minimum atomic E-state index is -0.742. The van der Waals surface area contributed by atoms with Gasteiger partial charge in [-0.25, -0.2) is 0 Å². The summed E-state index contributed by atoms with van der Waals surface area (Å²) in [6.45, 7) is 0. The van der Waals surface area contributed by atoms with Crippen LogP contribution < -0.4 is 11.3 Å². The number of aromatic nitrogens is 1. The summed E-state index contributed by atoms with van der Waals surface area (Å²) in [5, 5.41) is 0.159. The second kappa shape index (κ2) is 3.44. The van der Waals surface area contributed by atoms with Crippen molar-refractivity contribution in [2.75, 3.05) is 0 Å². The number of H-pyrrole nitrogens is 1. The number of primary amides is 1. The first-order valence-electron chi connectivity index (χ1n) is 2.90. The first-order valence-corrected chi connectivity index (χ1v) is 4.36. The van der Waals surface area contributed by atoms with E-state index < -0.39 is 5.91 Å². The first-order chi connectivity index (χ1) is 5.52. The molecule has 0 saturated heterocycles. The van der Waals surface area contributed by atoms with Gasteiger partial charge < -0.3 is 10.7 Å². The molecule has 6 heteroatoms. The van der Waals surface area contributed by atoms with Crippen LogP contribution in [-0.2, 0) is 0 Å². The highest BCUT2D eigenvalue weighted by Gasteiger charge is 2.09. The highest BCUT2D eigenvalue weighted by molar-refractivity contribution is 14.1. The lowest BCUT2D eigenvalue weighted by atomic mass is 10.3. The van der Waals surface area contributed by atoms with E-state index in [-0.39, 0.29) is 16.3 Å². The third-order valence-corrected chi connectivity index (χ3v) is 2.29. The van der Waals surface area contributed by atoms with Crippen molar-refractivity contribution in [3.05, 3.63) is 30.7 Å². The molecular weight excluding hydrogens is 294 g/mol. The number of halogens is 2. The van der Waals surface area contributed by atoms with E-state index in [4.69, 9.17) is 17.3 Å². The van der Waals surface area contributed by atoms with Crippen LogP contribution in [0.5, 0.6) is 0 Å². The van der Waals surface area contributed by atoms with Crippen LogP contribution in [0.15, 0.2) is 10.9 Å². The maximum absolute atomic E-state index is 11.0. The number of hydrogen-bond donors (Lipinski definition) is 2. The third kappa shape index (κ3) is 1.78. The number of nitrogens with two attached hydrogens (primary N) is 1. The zero-order valence-corrected chi connectivity index (χ0v) is 8.64. The number of rotatable bonds is 1. The van der Waals surface area contributed by atoms with Gasteiger partial charge >= 0.3 is 0 Å². The lowest BCUT2D eigenvalue weighted by molar-refractivity contribution is 0.0995. The molecule has 0 spiro atoms. The van der Waals surface area contributed by atoms with Gasteiger partial charge in [0, 0.05) is 0 Å². The number of pyridine rings is 1. The van der Waals surface area contributed by atoms with E-state index in [2.05, 4.69) is 4.98 Å². The van der Waals surface area contributed by atoms with Crippen molar-refractivity contribution >= 4 is 40.1 Å². The Hall–Kier alpha value is -0.560. The van der Waals surface area contributed by atoms with E-state index >= 15 is 0 Å². The highest BCUT2D eigenvalue weighted by atomic mass is 127. The lowest BCUT2D eigenvalue weighted by Crippen LogP contribution is -2.20. The number of nitrogens with one attached hydrogen (secondary N) is 1. The molecular formula is C6H4ClIN2O2. The van der Waals surface area contributed by atoms with Crippen molar-refractivity contribution in [3.8, 4) is 0 Å². The van der Waals surface area contributed by atoms with Gasteiger partial charge in [-0.3, -0.25) is 9.59 Å². The molecule has 0 aliphatic heterocycles. The molecule has 0 aliphatic rings. The zero-order valence-electron chi connectivity index (χ0n) is 5.73. The molecule has 0 saturated carbocycles. The normalized spacial score (nSPS) is 9.83. The summed E-state index contributed by atoms with van der Waals surface area (Å²) in [6, 6.07) is 1.39. The molecule has 0 aliphatic carbocycles. The van der Waals surface area contributed by atoms with E-state index in [1.165, 1.54) is 6.07 Å². The lowest BCUT2D eigenvalue weighted by Gasteiger charge is -1.98. The summed E-state index contributed by atoms with van der Waals surface area (Å²) in [7, 11) is 0. The molecule has 64 valence electrons. The van der Waals surface area contributed by atoms with E-state index in [1.54, 1.807) is 0 Å². The van der Waals surface area contributed by atoms with Gasteiger partial charge in [-0.2, -0.15) is 0 Å². The van der Waals surface area contributed by atoms with Crippen LogP contribution >= 0.6 is 34.2 Å². The van der Waals surface area contributed by atoms with Crippen LogP contribution in [-0.4, -0.2) is 10.9 Å². The van der Waals surface area contributed by atoms with Crippen LogP contribution in [0.25, 0.3) is 0 Å². The van der Waals surface area contributed by atoms with Gasteiger partial charge in [0.1, 0.15) is 5.69 Å². The van der Waals surface area contributed by atoms with Crippen LogP contribution in [0, 0.1) is 3.57 Å². The molecule has 0 unspecified atom stereocenters. The monoisotopic (exact) mass is 298 g/mol. The summed E-state index contributed by atoms with van der Waals surface area (Å²) in [5.74, 6) is -0.742. The second-order valence-electron chi connectivity index (χ2n) is 2.03. The Kier molecular flexibility index (Phi) is 2.73. The zero-order chi connectivity index (χ0) is 9.30. The molecule has 12 heavy (non-hydrogen) atoms.